The summed E-state index contributed by atoms with van der Waals surface area (Å²) in [5, 5.41) is 0. The molecule has 0 N–H and O–H groups in total. The van der Waals surface area contributed by atoms with Crippen LogP contribution in [0.2, 0.25) is 0 Å². The third kappa shape index (κ3) is 8.60. The molecule has 0 bridgehead atoms. The maximum atomic E-state index is 12.1. The summed E-state index contributed by atoms with van der Waals surface area (Å²) in [6.07, 6.45) is 3.60. The standard InChI is InChI=1S/C13H25IN2O/c1-11(14)16(10-13(2,3)4)12(17)8-7-9-15(5)6/h7-8,11H,9-10H2,1-6H3/b8-7-. The molecule has 0 saturated carbocycles. The van der Waals surface area contributed by atoms with Gasteiger partial charge in [-0.15, -0.1) is 0 Å². The van der Waals surface area contributed by atoms with Crippen LogP contribution in [-0.2, 0) is 4.79 Å². The van der Waals surface area contributed by atoms with Gasteiger partial charge in [0.1, 0.15) is 0 Å². The highest BCUT2D eigenvalue weighted by molar-refractivity contribution is 14.1. The Morgan fingerprint density at radius 2 is 1.88 bits per heavy atom. The van der Waals surface area contributed by atoms with Gasteiger partial charge in [-0.25, -0.2) is 0 Å². The minimum atomic E-state index is 0.101. The Morgan fingerprint density at radius 1 is 1.35 bits per heavy atom. The third-order valence-electron chi connectivity index (χ3n) is 2.09. The van der Waals surface area contributed by atoms with Crippen molar-refractivity contribution in [2.24, 2.45) is 5.41 Å². The number of hydrogen-bond donors (Lipinski definition) is 0. The van der Waals surface area contributed by atoms with Crippen LogP contribution in [0.25, 0.3) is 0 Å². The number of carbonyl (C=O) groups is 1. The maximum absolute atomic E-state index is 12.1. The Balaban J connectivity index is 4.51. The molecule has 1 amide bonds. The van der Waals surface area contributed by atoms with E-state index in [1.807, 2.05) is 36.9 Å². The highest BCUT2D eigenvalue weighted by atomic mass is 127. The maximum Gasteiger partial charge on any atom is 0.247 e. The van der Waals surface area contributed by atoms with Crippen molar-refractivity contribution < 1.29 is 4.79 Å². The predicted molar refractivity (Wildman–Crippen MR) is 82.3 cm³/mol. The van der Waals surface area contributed by atoms with Crippen LogP contribution in [0.4, 0.5) is 0 Å². The van der Waals surface area contributed by atoms with E-state index in [9.17, 15) is 4.79 Å². The first-order valence-corrected chi connectivity index (χ1v) is 7.14. The van der Waals surface area contributed by atoms with E-state index in [2.05, 4.69) is 43.4 Å². The largest absolute Gasteiger partial charge is 0.327 e. The molecule has 0 aliphatic heterocycles. The molecule has 100 valence electrons. The summed E-state index contributed by atoms with van der Waals surface area (Å²) in [7, 11) is 3.98. The van der Waals surface area contributed by atoms with Crippen molar-refractivity contribution in [2.75, 3.05) is 27.2 Å². The van der Waals surface area contributed by atoms with Crippen molar-refractivity contribution in [1.82, 2.24) is 9.80 Å². The molecule has 0 fully saturated rings. The zero-order chi connectivity index (χ0) is 13.6. The topological polar surface area (TPSA) is 23.6 Å². The SMILES string of the molecule is CC(I)N(CC(C)(C)C)C(=O)/C=C\CN(C)C. The normalized spacial score (nSPS) is 14.4. The molecular formula is C13H25IN2O. The molecule has 0 aliphatic carbocycles. The van der Waals surface area contributed by atoms with Gasteiger partial charge in [-0.3, -0.25) is 4.79 Å². The number of amides is 1. The fourth-order valence-electron chi connectivity index (χ4n) is 1.35. The minimum absolute atomic E-state index is 0.101. The Hall–Kier alpha value is -0.100. The number of likely N-dealkylation sites (N-methyl/N-ethyl adjacent to an activating group) is 1. The Labute approximate surface area is 119 Å². The van der Waals surface area contributed by atoms with Crippen LogP contribution >= 0.6 is 22.6 Å². The number of carbonyl (C=O) groups excluding carboxylic acids is 1. The lowest BCUT2D eigenvalue weighted by molar-refractivity contribution is -0.127. The molecular weight excluding hydrogens is 327 g/mol. The predicted octanol–water partition coefficient (Wildman–Crippen LogP) is 2.76. The van der Waals surface area contributed by atoms with E-state index >= 15 is 0 Å². The van der Waals surface area contributed by atoms with E-state index in [0.29, 0.717) is 0 Å². The zero-order valence-corrected chi connectivity index (χ0v) is 14.0. The van der Waals surface area contributed by atoms with Gasteiger partial charge in [-0.1, -0.05) is 49.4 Å². The van der Waals surface area contributed by atoms with Gasteiger partial charge in [-0.2, -0.15) is 0 Å². The molecule has 17 heavy (non-hydrogen) atoms. The second-order valence-electron chi connectivity index (χ2n) is 5.77. The second kappa shape index (κ2) is 7.36. The molecule has 3 nitrogen and oxygen atoms in total. The molecule has 0 rings (SSSR count). The molecule has 0 aliphatic rings. The Bertz CT molecular complexity index is 267. The summed E-state index contributed by atoms with van der Waals surface area (Å²) >= 11 is 2.29. The number of hydrogen-bond acceptors (Lipinski definition) is 2. The van der Waals surface area contributed by atoms with Crippen molar-refractivity contribution in [2.45, 2.75) is 31.7 Å². The average molecular weight is 352 g/mol. The summed E-state index contributed by atoms with van der Waals surface area (Å²) < 4.78 is 0.211. The van der Waals surface area contributed by atoms with E-state index in [4.69, 9.17) is 0 Å². The van der Waals surface area contributed by atoms with E-state index < -0.39 is 0 Å². The van der Waals surface area contributed by atoms with Gasteiger partial charge in [0.05, 0.1) is 4.05 Å². The van der Waals surface area contributed by atoms with Gasteiger partial charge in [0.25, 0.3) is 0 Å². The summed E-state index contributed by atoms with van der Waals surface area (Å²) in [5.74, 6) is 0.101. The molecule has 0 spiro atoms. The van der Waals surface area contributed by atoms with E-state index in [-0.39, 0.29) is 15.4 Å². The first-order chi connectivity index (χ1) is 7.63. The second-order valence-corrected chi connectivity index (χ2v) is 7.57. The third-order valence-corrected chi connectivity index (χ3v) is 2.76. The van der Waals surface area contributed by atoms with Crippen LogP contribution in [-0.4, -0.2) is 46.9 Å². The molecule has 0 aromatic rings. The van der Waals surface area contributed by atoms with Gasteiger partial charge in [0, 0.05) is 19.2 Å². The summed E-state index contributed by atoms with van der Waals surface area (Å²) in [6.45, 7) is 10.1. The fourth-order valence-corrected chi connectivity index (χ4v) is 1.82. The van der Waals surface area contributed by atoms with Crippen LogP contribution in [0.15, 0.2) is 12.2 Å². The van der Waals surface area contributed by atoms with Crippen molar-refractivity contribution in [3.63, 3.8) is 0 Å². The lowest BCUT2D eigenvalue weighted by Crippen LogP contribution is -2.40. The quantitative estimate of drug-likeness (QED) is 0.329. The van der Waals surface area contributed by atoms with E-state index in [1.54, 1.807) is 6.08 Å². The van der Waals surface area contributed by atoms with Crippen molar-refractivity contribution in [3.05, 3.63) is 12.2 Å². The lowest BCUT2D eigenvalue weighted by Gasteiger charge is -2.31. The summed E-state index contributed by atoms with van der Waals surface area (Å²) in [5.41, 5.74) is 0.129. The van der Waals surface area contributed by atoms with E-state index in [1.165, 1.54) is 0 Å². The van der Waals surface area contributed by atoms with Gasteiger partial charge in [0.2, 0.25) is 5.91 Å². The van der Waals surface area contributed by atoms with Gasteiger partial charge < -0.3 is 9.80 Å². The van der Waals surface area contributed by atoms with Crippen LogP contribution in [0.3, 0.4) is 0 Å². The molecule has 0 radical (unpaired) electrons. The highest BCUT2D eigenvalue weighted by Gasteiger charge is 2.22. The van der Waals surface area contributed by atoms with Crippen molar-refractivity contribution in [3.8, 4) is 0 Å². The monoisotopic (exact) mass is 352 g/mol. The minimum Gasteiger partial charge on any atom is -0.327 e. The Kier molecular flexibility index (Phi) is 7.32. The summed E-state index contributed by atoms with van der Waals surface area (Å²) in [6, 6.07) is 0. The van der Waals surface area contributed by atoms with Crippen LogP contribution < -0.4 is 0 Å². The molecule has 1 atom stereocenters. The molecule has 1 unspecified atom stereocenters. The number of halogens is 1. The zero-order valence-electron chi connectivity index (χ0n) is 11.8. The highest BCUT2D eigenvalue weighted by Crippen LogP contribution is 2.19. The number of alkyl halides is 1. The lowest BCUT2D eigenvalue weighted by atomic mass is 9.96. The first-order valence-electron chi connectivity index (χ1n) is 5.89. The molecule has 0 heterocycles. The number of nitrogens with zero attached hydrogens (tertiary/aromatic N) is 2. The number of rotatable bonds is 5. The van der Waals surface area contributed by atoms with Crippen LogP contribution in [0.1, 0.15) is 27.7 Å². The van der Waals surface area contributed by atoms with Gasteiger partial charge in [-0.05, 0) is 26.4 Å². The fraction of sp³-hybridized carbons (Fsp3) is 0.769. The first kappa shape index (κ1) is 16.9. The van der Waals surface area contributed by atoms with Crippen molar-refractivity contribution in [1.29, 1.82) is 0 Å². The van der Waals surface area contributed by atoms with Crippen molar-refractivity contribution >= 4 is 28.5 Å². The summed E-state index contributed by atoms with van der Waals surface area (Å²) in [4.78, 5) is 16.0. The van der Waals surface area contributed by atoms with Crippen LogP contribution in [0, 0.1) is 5.41 Å². The van der Waals surface area contributed by atoms with Crippen LogP contribution in [0.5, 0.6) is 0 Å². The van der Waals surface area contributed by atoms with Gasteiger partial charge >= 0.3 is 0 Å². The molecule has 0 aromatic carbocycles. The van der Waals surface area contributed by atoms with E-state index in [0.717, 1.165) is 13.1 Å². The molecule has 4 heteroatoms. The smallest absolute Gasteiger partial charge is 0.247 e. The average Bonchev–Trinajstić information content (AvgIpc) is 2.11. The molecule has 0 aromatic heterocycles. The molecule has 0 saturated heterocycles. The Morgan fingerprint density at radius 3 is 2.24 bits per heavy atom. The van der Waals surface area contributed by atoms with Gasteiger partial charge in [0.15, 0.2) is 0 Å².